The number of hydrogen-bond acceptors (Lipinski definition) is 0. The lowest BCUT2D eigenvalue weighted by Gasteiger charge is -2.14. The molecule has 2 heteroatoms. The Bertz CT molecular complexity index is 2670. The number of aromatic nitrogens is 2. The summed E-state index contributed by atoms with van der Waals surface area (Å²) in [7, 11) is 0. The molecule has 216 valence electrons. The molecule has 9 aromatic rings. The molecule has 0 saturated heterocycles. The van der Waals surface area contributed by atoms with Crippen molar-refractivity contribution in [3.63, 3.8) is 0 Å². The molecule has 1 aliphatic rings. The van der Waals surface area contributed by atoms with E-state index >= 15 is 0 Å². The van der Waals surface area contributed by atoms with Crippen LogP contribution in [0.25, 0.3) is 77.2 Å². The van der Waals surface area contributed by atoms with E-state index in [4.69, 9.17) is 0 Å². The summed E-state index contributed by atoms with van der Waals surface area (Å²) in [5.74, 6) is 0. The smallest absolute Gasteiger partial charge is 0.0547 e. The van der Waals surface area contributed by atoms with Gasteiger partial charge >= 0.3 is 0 Å². The van der Waals surface area contributed by atoms with Crippen molar-refractivity contribution in [2.75, 3.05) is 0 Å². The van der Waals surface area contributed by atoms with Crippen molar-refractivity contribution >= 4 is 43.6 Å². The lowest BCUT2D eigenvalue weighted by atomic mass is 10.0. The highest BCUT2D eigenvalue weighted by molar-refractivity contribution is 6.12. The van der Waals surface area contributed by atoms with Gasteiger partial charge in [0.25, 0.3) is 0 Å². The Kier molecular flexibility index (Phi) is 5.30. The van der Waals surface area contributed by atoms with E-state index in [1.807, 2.05) is 0 Å². The van der Waals surface area contributed by atoms with E-state index in [1.165, 1.54) is 93.9 Å². The van der Waals surface area contributed by atoms with Crippen molar-refractivity contribution in [1.82, 2.24) is 9.13 Å². The summed E-state index contributed by atoms with van der Waals surface area (Å²) in [6.45, 7) is 2.19. The number of rotatable bonds is 3. The molecule has 46 heavy (non-hydrogen) atoms. The Morgan fingerprint density at radius 2 is 1.11 bits per heavy atom. The van der Waals surface area contributed by atoms with Gasteiger partial charge in [0.15, 0.2) is 0 Å². The van der Waals surface area contributed by atoms with E-state index in [9.17, 15) is 0 Å². The molecule has 2 aromatic heterocycles. The van der Waals surface area contributed by atoms with Crippen molar-refractivity contribution in [3.8, 4) is 33.6 Å². The van der Waals surface area contributed by atoms with Crippen LogP contribution in [0.1, 0.15) is 16.7 Å². The first kappa shape index (κ1) is 25.5. The zero-order chi connectivity index (χ0) is 30.4. The van der Waals surface area contributed by atoms with E-state index < -0.39 is 0 Å². The van der Waals surface area contributed by atoms with Crippen molar-refractivity contribution in [2.45, 2.75) is 13.3 Å². The van der Waals surface area contributed by atoms with Gasteiger partial charge in [0, 0.05) is 33.7 Å². The van der Waals surface area contributed by atoms with Crippen molar-refractivity contribution in [2.24, 2.45) is 0 Å². The van der Waals surface area contributed by atoms with E-state index in [-0.39, 0.29) is 0 Å². The number of aryl methyl sites for hydroxylation is 1. The Labute approximate surface area is 267 Å². The largest absolute Gasteiger partial charge is 0.309 e. The van der Waals surface area contributed by atoms with Gasteiger partial charge in [0.1, 0.15) is 0 Å². The van der Waals surface area contributed by atoms with Gasteiger partial charge in [-0.2, -0.15) is 0 Å². The molecule has 1 aliphatic carbocycles. The van der Waals surface area contributed by atoms with Gasteiger partial charge in [0.2, 0.25) is 0 Å². The normalized spacial score (nSPS) is 12.4. The van der Waals surface area contributed by atoms with Crippen molar-refractivity contribution in [3.05, 3.63) is 168 Å². The standard InChI is InChI=1S/C44H30N2/c1-28-18-22-43-37(24-28)36-21-19-30(27-44(36)46(43)41-17-9-15-34-33-13-6-5-10-31(33)26-38(34)41)29-20-23-42-39(25-29)35-14-7-8-16-40(35)45(42)32-11-3-2-4-12-32/h2-25,27H,26H2,1H3. The average Bonchev–Trinajstić information content (AvgIpc) is 3.75. The maximum Gasteiger partial charge on any atom is 0.0547 e. The summed E-state index contributed by atoms with van der Waals surface area (Å²) in [6.07, 6.45) is 0.955. The van der Waals surface area contributed by atoms with Crippen LogP contribution in [0, 0.1) is 6.92 Å². The maximum absolute atomic E-state index is 2.51. The summed E-state index contributed by atoms with van der Waals surface area (Å²) >= 11 is 0. The molecule has 0 atom stereocenters. The van der Waals surface area contributed by atoms with Crippen LogP contribution in [-0.2, 0) is 6.42 Å². The van der Waals surface area contributed by atoms with E-state index in [0.29, 0.717) is 0 Å². The Balaban J connectivity index is 1.21. The SMILES string of the molecule is Cc1ccc2c(c1)c1ccc(-c3ccc4c(c3)c3ccccc3n4-c3ccccc3)cc1n2-c1cccc2c1Cc1ccccc1-2. The molecule has 0 N–H and O–H groups in total. The fraction of sp³-hybridized carbons (Fsp3) is 0.0455. The van der Waals surface area contributed by atoms with Crippen LogP contribution in [0.3, 0.4) is 0 Å². The summed E-state index contributed by atoms with van der Waals surface area (Å²) in [5, 5.41) is 5.13. The Morgan fingerprint density at radius 3 is 2.04 bits per heavy atom. The third-order valence-electron chi connectivity index (χ3n) is 10.0. The van der Waals surface area contributed by atoms with Gasteiger partial charge in [-0.15, -0.1) is 0 Å². The molecular formula is C44H30N2. The van der Waals surface area contributed by atoms with Gasteiger partial charge in [-0.25, -0.2) is 0 Å². The number of fused-ring (bicyclic) bond motifs is 9. The maximum atomic E-state index is 2.51. The number of nitrogens with zero attached hydrogens (tertiary/aromatic N) is 2. The lowest BCUT2D eigenvalue weighted by molar-refractivity contribution is 1.12. The molecular weight excluding hydrogens is 556 g/mol. The fourth-order valence-electron chi connectivity index (χ4n) is 7.93. The molecule has 0 bridgehead atoms. The topological polar surface area (TPSA) is 9.86 Å². The minimum Gasteiger partial charge on any atom is -0.309 e. The third-order valence-corrected chi connectivity index (χ3v) is 10.0. The van der Waals surface area contributed by atoms with Crippen molar-refractivity contribution in [1.29, 1.82) is 0 Å². The molecule has 0 unspecified atom stereocenters. The Hall–Kier alpha value is -5.86. The highest BCUT2D eigenvalue weighted by Gasteiger charge is 2.24. The van der Waals surface area contributed by atoms with Crippen molar-refractivity contribution < 1.29 is 0 Å². The first-order chi connectivity index (χ1) is 22.7. The first-order valence-electron chi connectivity index (χ1n) is 16.1. The quantitative estimate of drug-likeness (QED) is 0.195. The molecule has 10 rings (SSSR count). The van der Waals surface area contributed by atoms with Crippen LogP contribution >= 0.6 is 0 Å². The average molecular weight is 587 g/mol. The molecule has 0 radical (unpaired) electrons. The van der Waals surface area contributed by atoms with Crippen LogP contribution in [0.4, 0.5) is 0 Å². The molecule has 2 nitrogen and oxygen atoms in total. The van der Waals surface area contributed by atoms with Crippen LogP contribution in [0.15, 0.2) is 152 Å². The van der Waals surface area contributed by atoms with Crippen LogP contribution in [0.2, 0.25) is 0 Å². The fourth-order valence-corrected chi connectivity index (χ4v) is 7.93. The van der Waals surface area contributed by atoms with Gasteiger partial charge in [-0.05, 0) is 94.9 Å². The number of para-hydroxylation sites is 2. The Morgan fingerprint density at radius 1 is 0.435 bits per heavy atom. The highest BCUT2D eigenvalue weighted by Crippen LogP contribution is 2.43. The molecule has 0 saturated carbocycles. The van der Waals surface area contributed by atoms with Gasteiger partial charge < -0.3 is 9.13 Å². The van der Waals surface area contributed by atoms with E-state index in [0.717, 1.165) is 6.42 Å². The second-order valence-electron chi connectivity index (χ2n) is 12.6. The third kappa shape index (κ3) is 3.59. The molecule has 0 amide bonds. The zero-order valence-electron chi connectivity index (χ0n) is 25.5. The van der Waals surface area contributed by atoms with Crippen LogP contribution in [0.5, 0.6) is 0 Å². The number of benzene rings is 7. The summed E-state index contributed by atoms with van der Waals surface area (Å²) < 4.78 is 4.89. The van der Waals surface area contributed by atoms with Gasteiger partial charge in [0.05, 0.1) is 27.8 Å². The highest BCUT2D eigenvalue weighted by atomic mass is 15.0. The number of hydrogen-bond donors (Lipinski definition) is 0. The second-order valence-corrected chi connectivity index (χ2v) is 12.6. The summed E-state index contributed by atoms with van der Waals surface area (Å²) in [4.78, 5) is 0. The summed E-state index contributed by atoms with van der Waals surface area (Å²) in [6, 6.07) is 56.0. The minimum absolute atomic E-state index is 0.955. The first-order valence-corrected chi connectivity index (χ1v) is 16.1. The van der Waals surface area contributed by atoms with Crippen LogP contribution in [-0.4, -0.2) is 9.13 Å². The molecule has 0 spiro atoms. The van der Waals surface area contributed by atoms with Gasteiger partial charge in [-0.1, -0.05) is 103 Å². The molecule has 2 heterocycles. The minimum atomic E-state index is 0.955. The monoisotopic (exact) mass is 586 g/mol. The molecule has 7 aromatic carbocycles. The van der Waals surface area contributed by atoms with E-state index in [2.05, 4.69) is 168 Å². The second kappa shape index (κ2) is 9.57. The zero-order valence-corrected chi connectivity index (χ0v) is 25.5. The van der Waals surface area contributed by atoms with E-state index in [1.54, 1.807) is 0 Å². The van der Waals surface area contributed by atoms with Gasteiger partial charge in [-0.3, -0.25) is 0 Å². The predicted octanol–water partition coefficient (Wildman–Crippen LogP) is 11.4. The van der Waals surface area contributed by atoms with Crippen LogP contribution < -0.4 is 0 Å². The molecule has 0 fully saturated rings. The molecule has 0 aliphatic heterocycles. The summed E-state index contributed by atoms with van der Waals surface area (Å²) in [5.41, 5.74) is 16.7. The predicted molar refractivity (Wildman–Crippen MR) is 194 cm³/mol. The lowest BCUT2D eigenvalue weighted by Crippen LogP contribution is -1.99.